The van der Waals surface area contributed by atoms with Gasteiger partial charge in [-0.25, -0.2) is 10.2 Å². The summed E-state index contributed by atoms with van der Waals surface area (Å²) in [6.45, 7) is 0.266. The second-order valence-corrected chi connectivity index (χ2v) is 7.18. The van der Waals surface area contributed by atoms with Gasteiger partial charge in [0.25, 0.3) is 0 Å². The smallest absolute Gasteiger partial charge is 0.341 e. The number of pyridine rings is 1. The van der Waals surface area contributed by atoms with E-state index in [1.807, 2.05) is 36.4 Å². The van der Waals surface area contributed by atoms with Crippen LogP contribution in [0.4, 0.5) is 10.5 Å². The number of rotatable bonds is 3. The molecule has 0 saturated carbocycles. The van der Waals surface area contributed by atoms with Crippen LogP contribution in [0.1, 0.15) is 17.5 Å². The Hall–Kier alpha value is -3.33. The fraction of sp³-hybridized carbons (Fsp3) is 0.136. The lowest BCUT2D eigenvalue weighted by atomic mass is 10.1. The van der Waals surface area contributed by atoms with Crippen LogP contribution in [0.25, 0.3) is 0 Å². The van der Waals surface area contributed by atoms with Crippen LogP contribution in [-0.4, -0.2) is 22.4 Å². The van der Waals surface area contributed by atoms with E-state index in [1.54, 1.807) is 30.6 Å². The van der Waals surface area contributed by atoms with E-state index >= 15 is 0 Å². The number of aromatic nitrogens is 1. The number of amides is 3. The summed E-state index contributed by atoms with van der Waals surface area (Å²) >= 11 is 6.15. The van der Waals surface area contributed by atoms with Crippen molar-refractivity contribution in [3.05, 3.63) is 83.1 Å². The van der Waals surface area contributed by atoms with Gasteiger partial charge in [-0.1, -0.05) is 29.8 Å². The van der Waals surface area contributed by atoms with Crippen LogP contribution in [0.3, 0.4) is 0 Å². The van der Waals surface area contributed by atoms with E-state index in [9.17, 15) is 9.59 Å². The number of hydrogen-bond acceptors (Lipinski definition) is 4. The van der Waals surface area contributed by atoms with Crippen molar-refractivity contribution in [2.24, 2.45) is 0 Å². The Morgan fingerprint density at radius 2 is 1.78 bits per heavy atom. The average molecular weight is 477 g/mol. The van der Waals surface area contributed by atoms with E-state index in [1.165, 1.54) is 4.90 Å². The standard InChI is InChI=1S/C22H19ClN4O3.ClH.H2O/c23-17-6-7-20-18(13-17)27(14-16-3-1-2-4-19(16)30-20)22(29)26-25-21(28)8-5-15-9-11-24-12-10-15;;/h1-4,6-7,9-13H,5,8,14H2,(H,25,28)(H,26,29);1H;1H2. The minimum Gasteiger partial charge on any atom is -0.455 e. The predicted octanol–water partition coefficient (Wildman–Crippen LogP) is 3.82. The van der Waals surface area contributed by atoms with Crippen LogP contribution < -0.4 is 20.5 Å². The lowest BCUT2D eigenvalue weighted by molar-refractivity contribution is -0.121. The van der Waals surface area contributed by atoms with Gasteiger partial charge < -0.3 is 10.2 Å². The molecule has 1 aromatic heterocycles. The molecule has 10 heteroatoms. The van der Waals surface area contributed by atoms with Crippen LogP contribution in [0.5, 0.6) is 11.5 Å². The van der Waals surface area contributed by atoms with Crippen molar-refractivity contribution in [1.29, 1.82) is 0 Å². The predicted molar refractivity (Wildman–Crippen MR) is 124 cm³/mol. The third kappa shape index (κ3) is 5.88. The number of halogens is 2. The summed E-state index contributed by atoms with van der Waals surface area (Å²) in [6, 6.07) is 15.8. The summed E-state index contributed by atoms with van der Waals surface area (Å²) in [7, 11) is 0. The number of hydrazine groups is 1. The lowest BCUT2D eigenvalue weighted by Gasteiger charge is -2.22. The van der Waals surface area contributed by atoms with Crippen molar-refractivity contribution in [2.75, 3.05) is 4.90 Å². The number of urea groups is 1. The Kier molecular flexibility index (Phi) is 8.83. The summed E-state index contributed by atoms with van der Waals surface area (Å²) in [4.78, 5) is 30.5. The highest BCUT2D eigenvalue weighted by Gasteiger charge is 2.26. The van der Waals surface area contributed by atoms with E-state index in [-0.39, 0.29) is 36.8 Å². The number of benzene rings is 2. The molecule has 0 atom stereocenters. The first-order chi connectivity index (χ1) is 14.6. The first-order valence-electron chi connectivity index (χ1n) is 9.41. The molecule has 0 fully saturated rings. The summed E-state index contributed by atoms with van der Waals surface area (Å²) < 4.78 is 5.98. The molecule has 1 aliphatic rings. The van der Waals surface area contributed by atoms with Crippen molar-refractivity contribution >= 4 is 41.6 Å². The molecule has 3 aromatic rings. The Balaban J connectivity index is 0.00000181. The van der Waals surface area contributed by atoms with Crippen LogP contribution in [0.15, 0.2) is 67.0 Å². The number of nitrogens with zero attached hydrogens (tertiary/aromatic N) is 2. The minimum atomic E-state index is -0.490. The van der Waals surface area contributed by atoms with Gasteiger partial charge in [0.05, 0.1) is 12.2 Å². The number of nitrogens with one attached hydrogen (secondary N) is 2. The number of carbonyl (C=O) groups is 2. The fourth-order valence-corrected chi connectivity index (χ4v) is 3.30. The molecule has 1 aliphatic heterocycles. The highest BCUT2D eigenvalue weighted by atomic mass is 35.5. The monoisotopic (exact) mass is 476 g/mol. The van der Waals surface area contributed by atoms with Gasteiger partial charge in [0, 0.05) is 29.4 Å². The van der Waals surface area contributed by atoms with Crippen LogP contribution in [-0.2, 0) is 17.8 Å². The molecular weight excluding hydrogens is 455 g/mol. The SMILES string of the molecule is Cl.O.O=C(CCc1ccncc1)NNC(=O)N1Cc2ccccc2Oc2ccc(Cl)cc21. The topological polar surface area (TPSA) is 115 Å². The Morgan fingerprint density at radius 1 is 1.03 bits per heavy atom. The molecule has 0 bridgehead atoms. The zero-order valence-electron chi connectivity index (χ0n) is 16.9. The Morgan fingerprint density at radius 3 is 2.56 bits per heavy atom. The van der Waals surface area contributed by atoms with Crippen molar-refractivity contribution < 1.29 is 19.8 Å². The van der Waals surface area contributed by atoms with Gasteiger partial charge in [-0.3, -0.25) is 20.1 Å². The molecule has 0 aliphatic carbocycles. The normalized spacial score (nSPS) is 11.3. The maximum absolute atomic E-state index is 12.9. The quantitative estimate of drug-likeness (QED) is 0.558. The maximum atomic E-state index is 12.9. The molecule has 4 N–H and O–H groups in total. The summed E-state index contributed by atoms with van der Waals surface area (Å²) in [5.74, 6) is 0.874. The van der Waals surface area contributed by atoms with Gasteiger partial charge in [-0.15, -0.1) is 12.4 Å². The molecule has 2 aromatic carbocycles. The minimum absolute atomic E-state index is 0. The molecule has 168 valence electrons. The highest BCUT2D eigenvalue weighted by molar-refractivity contribution is 6.31. The zero-order chi connectivity index (χ0) is 20.9. The van der Waals surface area contributed by atoms with Crippen molar-refractivity contribution in [1.82, 2.24) is 15.8 Å². The Bertz CT molecular complexity index is 1080. The highest BCUT2D eigenvalue weighted by Crippen LogP contribution is 2.40. The third-order valence-electron chi connectivity index (χ3n) is 4.68. The number of para-hydroxylation sites is 1. The van der Waals surface area contributed by atoms with Crippen LogP contribution in [0, 0.1) is 0 Å². The first-order valence-corrected chi connectivity index (χ1v) is 9.78. The summed E-state index contributed by atoms with van der Waals surface area (Å²) in [5, 5.41) is 0.475. The van der Waals surface area contributed by atoms with Crippen molar-refractivity contribution in [2.45, 2.75) is 19.4 Å². The lowest BCUT2D eigenvalue weighted by Crippen LogP contribution is -2.48. The van der Waals surface area contributed by atoms with Gasteiger partial charge in [0.15, 0.2) is 5.75 Å². The van der Waals surface area contributed by atoms with Gasteiger partial charge >= 0.3 is 6.03 Å². The average Bonchev–Trinajstić information content (AvgIpc) is 2.93. The largest absolute Gasteiger partial charge is 0.455 e. The molecule has 4 rings (SSSR count). The van der Waals surface area contributed by atoms with E-state index in [0.29, 0.717) is 28.6 Å². The molecule has 0 spiro atoms. The summed E-state index contributed by atoms with van der Waals surface area (Å²) in [5.41, 5.74) is 7.30. The van der Waals surface area contributed by atoms with E-state index in [0.717, 1.165) is 11.1 Å². The molecule has 2 heterocycles. The third-order valence-corrected chi connectivity index (χ3v) is 4.91. The number of anilines is 1. The van der Waals surface area contributed by atoms with Crippen LogP contribution in [0.2, 0.25) is 5.02 Å². The fourth-order valence-electron chi connectivity index (χ4n) is 3.14. The number of ether oxygens (including phenoxy) is 1. The molecular formula is C22H22Cl2N4O4. The van der Waals surface area contributed by atoms with Crippen LogP contribution >= 0.6 is 24.0 Å². The number of aryl methyl sites for hydroxylation is 1. The molecule has 0 unspecified atom stereocenters. The molecule has 3 amide bonds. The van der Waals surface area contributed by atoms with Gasteiger partial charge in [0.1, 0.15) is 5.75 Å². The van der Waals surface area contributed by atoms with E-state index in [4.69, 9.17) is 16.3 Å². The molecule has 0 radical (unpaired) electrons. The van der Waals surface area contributed by atoms with E-state index < -0.39 is 6.03 Å². The van der Waals surface area contributed by atoms with Gasteiger partial charge in [-0.2, -0.15) is 0 Å². The van der Waals surface area contributed by atoms with Gasteiger partial charge in [-0.05, 0) is 48.4 Å². The molecule has 8 nitrogen and oxygen atoms in total. The number of carbonyl (C=O) groups excluding carboxylic acids is 2. The molecule has 0 saturated heterocycles. The zero-order valence-corrected chi connectivity index (χ0v) is 18.4. The maximum Gasteiger partial charge on any atom is 0.341 e. The van der Waals surface area contributed by atoms with E-state index in [2.05, 4.69) is 15.8 Å². The van der Waals surface area contributed by atoms with Gasteiger partial charge in [0.2, 0.25) is 5.91 Å². The van der Waals surface area contributed by atoms with Crippen molar-refractivity contribution in [3.8, 4) is 11.5 Å². The number of hydrogen-bond donors (Lipinski definition) is 2. The summed E-state index contributed by atoms with van der Waals surface area (Å²) in [6.07, 6.45) is 4.14. The second kappa shape index (κ2) is 11.3. The Labute approximate surface area is 196 Å². The number of fused-ring (bicyclic) bond motifs is 2. The first kappa shape index (κ1) is 24.9. The van der Waals surface area contributed by atoms with Crippen molar-refractivity contribution in [3.63, 3.8) is 0 Å². The second-order valence-electron chi connectivity index (χ2n) is 6.74. The molecule has 32 heavy (non-hydrogen) atoms.